The van der Waals surface area contributed by atoms with E-state index in [4.69, 9.17) is 52.8 Å². The molecule has 0 unspecified atom stereocenters. The Kier molecular flexibility index (Phi) is 4.70. The molecule has 0 radical (unpaired) electrons. The lowest BCUT2D eigenvalue weighted by atomic mass is 10.2. The van der Waals surface area contributed by atoms with Gasteiger partial charge >= 0.3 is 0 Å². The van der Waals surface area contributed by atoms with E-state index in [2.05, 4.69) is 5.32 Å². The van der Waals surface area contributed by atoms with Gasteiger partial charge in [-0.1, -0.05) is 47.0 Å². The van der Waals surface area contributed by atoms with Crippen molar-refractivity contribution < 1.29 is 4.39 Å². The lowest BCUT2D eigenvalue weighted by Gasteiger charge is -2.10. The van der Waals surface area contributed by atoms with E-state index in [-0.39, 0.29) is 15.0 Å². The summed E-state index contributed by atoms with van der Waals surface area (Å²) in [5, 5.41) is 3.31. The number of rotatable bonds is 3. The van der Waals surface area contributed by atoms with Crippen LogP contribution in [0.1, 0.15) is 5.56 Å². The minimum absolute atomic E-state index is 0.0640. The lowest BCUT2D eigenvalue weighted by molar-refractivity contribution is 0.629. The maximum Gasteiger partial charge on any atom is 0.160 e. The van der Waals surface area contributed by atoms with E-state index in [0.29, 0.717) is 22.0 Å². The van der Waals surface area contributed by atoms with Gasteiger partial charge in [0.25, 0.3) is 0 Å². The smallest absolute Gasteiger partial charge is 0.160 e. The molecule has 0 fully saturated rings. The van der Waals surface area contributed by atoms with Crippen molar-refractivity contribution in [1.82, 2.24) is 0 Å². The van der Waals surface area contributed by atoms with E-state index in [9.17, 15) is 4.39 Å². The zero-order valence-electron chi connectivity index (χ0n) is 9.88. The molecule has 0 amide bonds. The third-order valence-electron chi connectivity index (χ3n) is 2.51. The molecule has 2 aromatic rings. The number of nitrogens with one attached hydrogen (secondary N) is 1. The summed E-state index contributed by atoms with van der Waals surface area (Å²) in [6.45, 7) is 0. The Bertz CT molecular complexity index is 668. The third-order valence-corrected chi connectivity index (χ3v) is 3.59. The number of hydrogen-bond donors (Lipinski definition) is 2. The summed E-state index contributed by atoms with van der Waals surface area (Å²) in [5.74, 6) is -0.652. The molecule has 3 N–H and O–H groups in total. The van der Waals surface area contributed by atoms with Gasteiger partial charge in [0.05, 0.1) is 15.1 Å². The van der Waals surface area contributed by atoms with Crippen LogP contribution < -0.4 is 11.1 Å². The van der Waals surface area contributed by atoms with Crippen molar-refractivity contribution in [2.24, 2.45) is 5.73 Å². The fourth-order valence-electron chi connectivity index (χ4n) is 1.59. The summed E-state index contributed by atoms with van der Waals surface area (Å²) < 4.78 is 13.3. The van der Waals surface area contributed by atoms with Crippen LogP contribution in [0.2, 0.25) is 15.1 Å². The largest absolute Gasteiger partial charge is 0.389 e. The van der Waals surface area contributed by atoms with Crippen molar-refractivity contribution in [3.05, 3.63) is 56.8 Å². The van der Waals surface area contributed by atoms with Crippen LogP contribution in [0, 0.1) is 5.82 Å². The van der Waals surface area contributed by atoms with E-state index in [1.165, 1.54) is 12.1 Å². The van der Waals surface area contributed by atoms with Crippen LogP contribution >= 0.6 is 47.0 Å². The molecule has 0 spiro atoms. The van der Waals surface area contributed by atoms with Crippen LogP contribution in [0.5, 0.6) is 0 Å². The quantitative estimate of drug-likeness (QED) is 0.593. The second kappa shape index (κ2) is 6.14. The average molecular weight is 350 g/mol. The van der Waals surface area contributed by atoms with Crippen LogP contribution in [-0.2, 0) is 0 Å². The number of benzene rings is 2. The Balaban J connectivity index is 2.31. The first-order chi connectivity index (χ1) is 9.38. The molecule has 0 saturated heterocycles. The minimum Gasteiger partial charge on any atom is -0.389 e. The maximum absolute atomic E-state index is 13.3. The van der Waals surface area contributed by atoms with E-state index in [0.717, 1.165) is 0 Å². The van der Waals surface area contributed by atoms with Gasteiger partial charge in [0.1, 0.15) is 4.99 Å². The summed E-state index contributed by atoms with van der Waals surface area (Å²) in [5.41, 5.74) is 7.33. The van der Waals surface area contributed by atoms with Crippen molar-refractivity contribution in [3.63, 3.8) is 0 Å². The molecular weight excluding hydrogens is 342 g/mol. The first kappa shape index (κ1) is 15.3. The summed E-state index contributed by atoms with van der Waals surface area (Å²) in [4.78, 5) is 0.217. The van der Waals surface area contributed by atoms with Gasteiger partial charge in [-0.25, -0.2) is 4.39 Å². The van der Waals surface area contributed by atoms with E-state index in [1.807, 2.05) is 0 Å². The van der Waals surface area contributed by atoms with Gasteiger partial charge in [-0.05, 0) is 30.3 Å². The molecule has 0 aromatic heterocycles. The Labute approximate surface area is 135 Å². The van der Waals surface area contributed by atoms with Crippen molar-refractivity contribution in [3.8, 4) is 0 Å². The molecule has 0 atom stereocenters. The molecular formula is C13H8Cl3FN2S. The van der Waals surface area contributed by atoms with E-state index < -0.39 is 5.82 Å². The molecule has 2 nitrogen and oxygen atoms in total. The van der Waals surface area contributed by atoms with Gasteiger partial charge in [-0.15, -0.1) is 0 Å². The molecule has 7 heteroatoms. The van der Waals surface area contributed by atoms with Crippen LogP contribution in [0.4, 0.5) is 15.8 Å². The molecule has 104 valence electrons. The highest BCUT2D eigenvalue weighted by Crippen LogP contribution is 2.30. The summed E-state index contributed by atoms with van der Waals surface area (Å²) >= 11 is 22.4. The van der Waals surface area contributed by atoms with Crippen molar-refractivity contribution in [1.29, 1.82) is 0 Å². The van der Waals surface area contributed by atoms with Gasteiger partial charge in [0.15, 0.2) is 5.82 Å². The SMILES string of the molecule is NC(=S)c1ccc(Nc2cc(Cl)c(F)c(Cl)c2)cc1Cl. The lowest BCUT2D eigenvalue weighted by Crippen LogP contribution is -2.09. The second-order valence-electron chi connectivity index (χ2n) is 3.94. The Hall–Kier alpha value is -1.07. The van der Waals surface area contributed by atoms with Crippen LogP contribution in [0.25, 0.3) is 0 Å². The second-order valence-corrected chi connectivity index (χ2v) is 5.60. The fourth-order valence-corrected chi connectivity index (χ4v) is 2.59. The normalized spacial score (nSPS) is 10.4. The molecule has 0 bridgehead atoms. The molecule has 0 saturated carbocycles. The highest BCUT2D eigenvalue weighted by Gasteiger charge is 2.09. The first-order valence-electron chi connectivity index (χ1n) is 5.39. The van der Waals surface area contributed by atoms with Gasteiger partial charge in [0, 0.05) is 16.9 Å². The highest BCUT2D eigenvalue weighted by molar-refractivity contribution is 7.80. The molecule has 2 aromatic carbocycles. The number of anilines is 2. The Morgan fingerprint density at radius 2 is 1.55 bits per heavy atom. The van der Waals surface area contributed by atoms with Gasteiger partial charge in [0.2, 0.25) is 0 Å². The zero-order valence-corrected chi connectivity index (χ0v) is 13.0. The van der Waals surface area contributed by atoms with E-state index in [1.54, 1.807) is 18.2 Å². The monoisotopic (exact) mass is 348 g/mol. The Morgan fingerprint density at radius 3 is 2.05 bits per heavy atom. The standard InChI is InChI=1S/C13H8Cl3FN2S/c14-9-3-6(1-2-8(9)13(18)20)19-7-4-10(15)12(17)11(16)5-7/h1-5,19H,(H2,18,20). The van der Waals surface area contributed by atoms with Crippen molar-refractivity contribution in [2.45, 2.75) is 0 Å². The molecule has 0 aliphatic rings. The van der Waals surface area contributed by atoms with E-state index >= 15 is 0 Å². The predicted octanol–water partition coefficient (Wildman–Crippen LogP) is 5.16. The number of halogens is 4. The number of nitrogens with two attached hydrogens (primary N) is 1. The highest BCUT2D eigenvalue weighted by atomic mass is 35.5. The van der Waals surface area contributed by atoms with Gasteiger partial charge in [-0.2, -0.15) is 0 Å². The molecule has 20 heavy (non-hydrogen) atoms. The molecule has 0 aliphatic carbocycles. The Morgan fingerprint density at radius 1 is 1.00 bits per heavy atom. The van der Waals surface area contributed by atoms with Crippen LogP contribution in [-0.4, -0.2) is 4.99 Å². The topological polar surface area (TPSA) is 38.0 Å². The number of thiocarbonyl (C=S) groups is 1. The fraction of sp³-hybridized carbons (Fsp3) is 0. The zero-order chi connectivity index (χ0) is 14.9. The van der Waals surface area contributed by atoms with Crippen molar-refractivity contribution >= 4 is 63.4 Å². The first-order valence-corrected chi connectivity index (χ1v) is 6.93. The summed E-state index contributed by atoms with van der Waals surface area (Å²) in [7, 11) is 0. The van der Waals surface area contributed by atoms with Crippen molar-refractivity contribution in [2.75, 3.05) is 5.32 Å². The molecule has 0 aliphatic heterocycles. The van der Waals surface area contributed by atoms with Crippen LogP contribution in [0.3, 0.4) is 0 Å². The average Bonchev–Trinajstić information content (AvgIpc) is 2.35. The number of hydrogen-bond acceptors (Lipinski definition) is 2. The van der Waals surface area contributed by atoms with Gasteiger partial charge in [-0.3, -0.25) is 0 Å². The molecule has 0 heterocycles. The molecule has 2 rings (SSSR count). The third kappa shape index (κ3) is 3.33. The maximum atomic E-state index is 13.3. The summed E-state index contributed by atoms with van der Waals surface area (Å²) in [6, 6.07) is 7.95. The minimum atomic E-state index is -0.652. The summed E-state index contributed by atoms with van der Waals surface area (Å²) in [6.07, 6.45) is 0. The van der Waals surface area contributed by atoms with Gasteiger partial charge < -0.3 is 11.1 Å². The van der Waals surface area contributed by atoms with Crippen LogP contribution in [0.15, 0.2) is 30.3 Å². The predicted molar refractivity (Wildman–Crippen MR) is 87.0 cm³/mol.